The maximum absolute atomic E-state index is 12.6. The minimum atomic E-state index is -0.0731. The van der Waals surface area contributed by atoms with Crippen LogP contribution in [-0.4, -0.2) is 61.7 Å². The zero-order valence-electron chi connectivity index (χ0n) is 22.2. The second kappa shape index (κ2) is 10.8. The number of carbonyl (C=O) groups is 3. The number of hydrogen-bond donors (Lipinski definition) is 1. The van der Waals surface area contributed by atoms with E-state index in [4.69, 9.17) is 5.10 Å². The van der Waals surface area contributed by atoms with Gasteiger partial charge in [0.25, 0.3) is 0 Å². The second-order valence-electron chi connectivity index (χ2n) is 10.1. The standard InChI is InChI=1S/C29H34N6O3/c1-4-30-26(37)18-35-24-7-5-6-23(21-9-10-22-17-31-33(3)25(22)16-21)28(24)29(32-35)20-12-14-34(15-13-20)27(38)11-8-19(2)36/h5-7,9-10,16-17,20H,4,8,11-15,18H2,1-3H3,(H,30,37). The highest BCUT2D eigenvalue weighted by molar-refractivity contribution is 5.99. The lowest BCUT2D eigenvalue weighted by Gasteiger charge is -2.31. The summed E-state index contributed by atoms with van der Waals surface area (Å²) >= 11 is 0. The summed E-state index contributed by atoms with van der Waals surface area (Å²) in [7, 11) is 1.94. The minimum absolute atomic E-state index is 0.0363. The Morgan fingerprint density at radius 3 is 2.58 bits per heavy atom. The molecular formula is C29H34N6O3. The van der Waals surface area contributed by atoms with E-state index in [2.05, 4.69) is 34.7 Å². The van der Waals surface area contributed by atoms with Crippen molar-refractivity contribution in [1.29, 1.82) is 0 Å². The van der Waals surface area contributed by atoms with E-state index in [1.54, 1.807) is 0 Å². The van der Waals surface area contributed by atoms with Crippen molar-refractivity contribution < 1.29 is 14.4 Å². The van der Waals surface area contributed by atoms with E-state index in [0.29, 0.717) is 19.6 Å². The number of likely N-dealkylation sites (tertiary alicyclic amines) is 1. The molecule has 4 aromatic rings. The SMILES string of the molecule is CCNC(=O)Cn1nc(C2CCN(C(=O)CCC(C)=O)CC2)c2c(-c3ccc4cnn(C)c4c3)cccc21. The Labute approximate surface area is 221 Å². The van der Waals surface area contributed by atoms with Gasteiger partial charge in [0.1, 0.15) is 12.3 Å². The summed E-state index contributed by atoms with van der Waals surface area (Å²) in [5.74, 6) is 0.159. The van der Waals surface area contributed by atoms with Gasteiger partial charge in [-0.25, -0.2) is 0 Å². The van der Waals surface area contributed by atoms with Crippen LogP contribution >= 0.6 is 0 Å². The molecule has 38 heavy (non-hydrogen) atoms. The molecule has 1 fully saturated rings. The first-order valence-corrected chi connectivity index (χ1v) is 13.3. The third kappa shape index (κ3) is 5.05. The molecule has 0 unspecified atom stereocenters. The average molecular weight is 515 g/mol. The number of benzene rings is 2. The van der Waals surface area contributed by atoms with Crippen molar-refractivity contribution in [2.75, 3.05) is 19.6 Å². The number of piperidine rings is 1. The normalized spacial score (nSPS) is 14.3. The van der Waals surface area contributed by atoms with Crippen LogP contribution in [0, 0.1) is 0 Å². The number of nitrogens with one attached hydrogen (secondary N) is 1. The Morgan fingerprint density at radius 1 is 1.05 bits per heavy atom. The molecular weight excluding hydrogens is 480 g/mol. The number of carbonyl (C=O) groups excluding carboxylic acids is 3. The summed E-state index contributed by atoms with van der Waals surface area (Å²) in [6.07, 6.45) is 3.99. The Morgan fingerprint density at radius 2 is 1.84 bits per heavy atom. The van der Waals surface area contributed by atoms with Gasteiger partial charge in [-0.2, -0.15) is 10.2 Å². The van der Waals surface area contributed by atoms with Crippen LogP contribution in [0.15, 0.2) is 42.6 Å². The molecule has 9 nitrogen and oxygen atoms in total. The number of aryl methyl sites for hydroxylation is 1. The predicted molar refractivity (Wildman–Crippen MR) is 147 cm³/mol. The summed E-state index contributed by atoms with van der Waals surface area (Å²) in [5, 5.41) is 14.4. The van der Waals surface area contributed by atoms with Crippen LogP contribution in [0.1, 0.15) is 51.1 Å². The van der Waals surface area contributed by atoms with Gasteiger partial charge in [-0.3, -0.25) is 19.0 Å². The number of ketones is 1. The van der Waals surface area contributed by atoms with Gasteiger partial charge in [-0.1, -0.05) is 24.3 Å². The van der Waals surface area contributed by atoms with Crippen LogP contribution in [0.3, 0.4) is 0 Å². The molecule has 3 heterocycles. The zero-order chi connectivity index (χ0) is 26.8. The summed E-state index contributed by atoms with van der Waals surface area (Å²) in [4.78, 5) is 38.3. The van der Waals surface area contributed by atoms with Crippen molar-refractivity contribution in [2.24, 2.45) is 7.05 Å². The van der Waals surface area contributed by atoms with Crippen molar-refractivity contribution in [1.82, 2.24) is 29.8 Å². The maximum Gasteiger partial charge on any atom is 0.241 e. The van der Waals surface area contributed by atoms with Gasteiger partial charge in [0.05, 0.1) is 22.9 Å². The molecule has 1 aliphatic rings. The van der Waals surface area contributed by atoms with Gasteiger partial charge in [-0.15, -0.1) is 0 Å². The zero-order valence-corrected chi connectivity index (χ0v) is 22.2. The molecule has 0 spiro atoms. The predicted octanol–water partition coefficient (Wildman–Crippen LogP) is 3.80. The van der Waals surface area contributed by atoms with Crippen molar-refractivity contribution in [3.05, 3.63) is 48.3 Å². The minimum Gasteiger partial charge on any atom is -0.355 e. The van der Waals surface area contributed by atoms with E-state index in [1.807, 2.05) is 46.6 Å². The summed E-state index contributed by atoms with van der Waals surface area (Å²) < 4.78 is 3.68. The number of amides is 2. The van der Waals surface area contributed by atoms with E-state index in [-0.39, 0.29) is 42.9 Å². The molecule has 0 atom stereocenters. The number of Topliss-reactive ketones (excluding diaryl/α,β-unsaturated/α-hetero) is 1. The fraction of sp³-hybridized carbons (Fsp3) is 0.414. The molecule has 1 N–H and O–H groups in total. The quantitative estimate of drug-likeness (QED) is 0.385. The van der Waals surface area contributed by atoms with E-state index in [0.717, 1.165) is 51.5 Å². The number of aromatic nitrogens is 4. The fourth-order valence-electron chi connectivity index (χ4n) is 5.45. The largest absolute Gasteiger partial charge is 0.355 e. The summed E-state index contributed by atoms with van der Waals surface area (Å²) in [6.45, 7) is 5.41. The molecule has 2 aromatic heterocycles. The number of nitrogens with zero attached hydrogens (tertiary/aromatic N) is 5. The number of hydrogen-bond acceptors (Lipinski definition) is 5. The smallest absolute Gasteiger partial charge is 0.241 e. The van der Waals surface area contributed by atoms with Gasteiger partial charge < -0.3 is 15.0 Å². The van der Waals surface area contributed by atoms with Crippen molar-refractivity contribution in [3.8, 4) is 11.1 Å². The third-order valence-corrected chi connectivity index (χ3v) is 7.46. The van der Waals surface area contributed by atoms with E-state index < -0.39 is 0 Å². The third-order valence-electron chi connectivity index (χ3n) is 7.46. The highest BCUT2D eigenvalue weighted by Gasteiger charge is 2.29. The second-order valence-corrected chi connectivity index (χ2v) is 10.1. The van der Waals surface area contributed by atoms with Crippen molar-refractivity contribution in [2.45, 2.75) is 52.0 Å². The molecule has 0 bridgehead atoms. The van der Waals surface area contributed by atoms with Crippen molar-refractivity contribution in [3.63, 3.8) is 0 Å². The molecule has 0 aliphatic carbocycles. The highest BCUT2D eigenvalue weighted by atomic mass is 16.2. The van der Waals surface area contributed by atoms with E-state index >= 15 is 0 Å². The molecule has 5 rings (SSSR count). The number of rotatable bonds is 8. The van der Waals surface area contributed by atoms with Crippen LogP contribution < -0.4 is 5.32 Å². The highest BCUT2D eigenvalue weighted by Crippen LogP contribution is 2.39. The lowest BCUT2D eigenvalue weighted by molar-refractivity contribution is -0.134. The van der Waals surface area contributed by atoms with Crippen LogP contribution in [0.2, 0.25) is 0 Å². The molecule has 9 heteroatoms. The molecule has 0 saturated carbocycles. The lowest BCUT2D eigenvalue weighted by Crippen LogP contribution is -2.38. The Balaban J connectivity index is 1.52. The van der Waals surface area contributed by atoms with Crippen LogP contribution in [0.25, 0.3) is 32.9 Å². The van der Waals surface area contributed by atoms with Gasteiger partial charge in [0, 0.05) is 56.2 Å². The van der Waals surface area contributed by atoms with Gasteiger partial charge in [0.2, 0.25) is 11.8 Å². The Bertz CT molecular complexity index is 1510. The molecule has 198 valence electrons. The van der Waals surface area contributed by atoms with Crippen LogP contribution in [-0.2, 0) is 28.0 Å². The molecule has 1 aliphatic heterocycles. The van der Waals surface area contributed by atoms with E-state index in [1.165, 1.54) is 6.92 Å². The van der Waals surface area contributed by atoms with Crippen molar-refractivity contribution >= 4 is 39.4 Å². The topological polar surface area (TPSA) is 102 Å². The van der Waals surface area contributed by atoms with Gasteiger partial charge in [-0.05, 0) is 49.9 Å². The number of likely N-dealkylation sites (N-methyl/N-ethyl adjacent to an activating group) is 1. The Hall–Kier alpha value is -4.01. The fourth-order valence-corrected chi connectivity index (χ4v) is 5.45. The number of fused-ring (bicyclic) bond motifs is 2. The van der Waals surface area contributed by atoms with Crippen LogP contribution in [0.5, 0.6) is 0 Å². The lowest BCUT2D eigenvalue weighted by atomic mass is 9.89. The van der Waals surface area contributed by atoms with Gasteiger partial charge >= 0.3 is 0 Å². The molecule has 0 radical (unpaired) electrons. The summed E-state index contributed by atoms with van der Waals surface area (Å²) in [6, 6.07) is 12.5. The van der Waals surface area contributed by atoms with Crippen LogP contribution in [0.4, 0.5) is 0 Å². The van der Waals surface area contributed by atoms with E-state index in [9.17, 15) is 14.4 Å². The first kappa shape index (κ1) is 25.6. The molecule has 2 aromatic carbocycles. The molecule has 1 saturated heterocycles. The van der Waals surface area contributed by atoms with Gasteiger partial charge in [0.15, 0.2) is 0 Å². The first-order chi connectivity index (χ1) is 18.4. The first-order valence-electron chi connectivity index (χ1n) is 13.3. The molecule has 2 amide bonds. The summed E-state index contributed by atoms with van der Waals surface area (Å²) in [5.41, 5.74) is 5.09. The maximum atomic E-state index is 12.6. The monoisotopic (exact) mass is 514 g/mol. The average Bonchev–Trinajstić information content (AvgIpc) is 3.47. The Kier molecular flexibility index (Phi) is 7.26.